The van der Waals surface area contributed by atoms with E-state index >= 15 is 0 Å². The maximum absolute atomic E-state index is 12.1. The molecule has 0 unspecified atom stereocenters. The molecule has 3 N–H and O–H groups in total. The molecule has 1 aliphatic rings. The number of nitrogens with one attached hydrogen (secondary N) is 1. The Bertz CT molecular complexity index is 669. The highest BCUT2D eigenvalue weighted by atomic mass is 79.9. The highest BCUT2D eigenvalue weighted by Gasteiger charge is 2.22. The molecule has 0 radical (unpaired) electrons. The van der Waals surface area contributed by atoms with Crippen LogP contribution < -0.4 is 5.73 Å². The van der Waals surface area contributed by atoms with Gasteiger partial charge in [-0.1, -0.05) is 15.9 Å². The molecule has 1 aromatic carbocycles. The molecule has 0 saturated heterocycles. The second-order valence-electron chi connectivity index (χ2n) is 4.57. The molecule has 3 nitrogen and oxygen atoms in total. The van der Waals surface area contributed by atoms with Crippen LogP contribution in [-0.2, 0) is 4.79 Å². The van der Waals surface area contributed by atoms with Crippen molar-refractivity contribution < 1.29 is 4.79 Å². The van der Waals surface area contributed by atoms with Crippen LogP contribution in [0.15, 0.2) is 34.6 Å². The van der Waals surface area contributed by atoms with Crippen LogP contribution in [0.5, 0.6) is 0 Å². The normalized spacial score (nSPS) is 16.6. The van der Waals surface area contributed by atoms with Crippen molar-refractivity contribution in [1.82, 2.24) is 4.98 Å². The van der Waals surface area contributed by atoms with E-state index in [0.29, 0.717) is 17.7 Å². The molecule has 2 aromatic rings. The fourth-order valence-electron chi connectivity index (χ4n) is 2.53. The van der Waals surface area contributed by atoms with Crippen LogP contribution in [0.1, 0.15) is 24.8 Å². The predicted octanol–water partition coefficient (Wildman–Crippen LogP) is 3.35. The third kappa shape index (κ3) is 1.77. The summed E-state index contributed by atoms with van der Waals surface area (Å²) in [5.74, 6) is 0.152. The summed E-state index contributed by atoms with van der Waals surface area (Å²) in [5.41, 5.74) is 9.41. The van der Waals surface area contributed by atoms with E-state index < -0.39 is 0 Å². The molecule has 1 heterocycles. The molecule has 18 heavy (non-hydrogen) atoms. The lowest BCUT2D eigenvalue weighted by molar-refractivity contribution is -0.114. The van der Waals surface area contributed by atoms with Crippen LogP contribution >= 0.6 is 15.9 Å². The van der Waals surface area contributed by atoms with Crippen molar-refractivity contribution in [1.29, 1.82) is 0 Å². The third-order valence-corrected chi connectivity index (χ3v) is 3.81. The number of benzene rings is 1. The van der Waals surface area contributed by atoms with Crippen molar-refractivity contribution in [2.24, 2.45) is 5.73 Å². The van der Waals surface area contributed by atoms with E-state index in [9.17, 15) is 4.79 Å². The summed E-state index contributed by atoms with van der Waals surface area (Å²) in [7, 11) is 0. The lowest BCUT2D eigenvalue weighted by Crippen LogP contribution is -2.15. The van der Waals surface area contributed by atoms with E-state index in [1.807, 2.05) is 24.4 Å². The molecule has 0 spiro atoms. The van der Waals surface area contributed by atoms with Crippen LogP contribution in [0.3, 0.4) is 0 Å². The van der Waals surface area contributed by atoms with Gasteiger partial charge in [0.05, 0.1) is 0 Å². The maximum Gasteiger partial charge on any atom is 0.165 e. The minimum Gasteiger partial charge on any atom is -0.401 e. The topological polar surface area (TPSA) is 58.9 Å². The molecular formula is C14H13BrN2O. The number of carbonyl (C=O) groups is 1. The molecule has 3 rings (SSSR count). The van der Waals surface area contributed by atoms with Crippen molar-refractivity contribution in [3.05, 3.63) is 40.1 Å². The largest absolute Gasteiger partial charge is 0.401 e. The highest BCUT2D eigenvalue weighted by molar-refractivity contribution is 9.10. The van der Waals surface area contributed by atoms with E-state index in [0.717, 1.165) is 33.8 Å². The second-order valence-corrected chi connectivity index (χ2v) is 5.48. The first-order valence-electron chi connectivity index (χ1n) is 5.95. The summed E-state index contributed by atoms with van der Waals surface area (Å²) in [5, 5.41) is 1.05. The summed E-state index contributed by atoms with van der Waals surface area (Å²) in [6.45, 7) is 0. The quantitative estimate of drug-likeness (QED) is 0.849. The number of halogens is 1. The number of carbonyl (C=O) groups excluding carboxylic acids is 1. The monoisotopic (exact) mass is 304 g/mol. The van der Waals surface area contributed by atoms with Crippen molar-refractivity contribution in [3.63, 3.8) is 0 Å². The van der Waals surface area contributed by atoms with Gasteiger partial charge in [-0.05, 0) is 36.6 Å². The van der Waals surface area contributed by atoms with E-state index in [1.54, 1.807) is 0 Å². The molecule has 0 aliphatic heterocycles. The Hall–Kier alpha value is -1.55. The van der Waals surface area contributed by atoms with Crippen LogP contribution in [0.2, 0.25) is 0 Å². The Labute approximate surface area is 113 Å². The summed E-state index contributed by atoms with van der Waals surface area (Å²) >= 11 is 3.48. The van der Waals surface area contributed by atoms with Crippen LogP contribution in [0, 0.1) is 0 Å². The standard InChI is InChI=1S/C14H13BrN2O/c15-8-6-10(9-4-5-17-12(9)7-8)14-11(16)2-1-3-13(14)18/h4-7,17H,1-3,16H2. The zero-order valence-corrected chi connectivity index (χ0v) is 11.4. The van der Waals surface area contributed by atoms with Gasteiger partial charge in [-0.15, -0.1) is 0 Å². The minimum absolute atomic E-state index is 0.152. The van der Waals surface area contributed by atoms with Gasteiger partial charge >= 0.3 is 0 Å². The highest BCUT2D eigenvalue weighted by Crippen LogP contribution is 2.33. The molecule has 0 saturated carbocycles. The molecule has 0 bridgehead atoms. The number of ketones is 1. The van der Waals surface area contributed by atoms with Gasteiger partial charge in [0.2, 0.25) is 0 Å². The van der Waals surface area contributed by atoms with Crippen LogP contribution in [0.4, 0.5) is 0 Å². The minimum atomic E-state index is 0.152. The first-order chi connectivity index (χ1) is 8.66. The van der Waals surface area contributed by atoms with Gasteiger partial charge in [0.25, 0.3) is 0 Å². The molecule has 1 aromatic heterocycles. The lowest BCUT2D eigenvalue weighted by Gasteiger charge is -2.17. The number of rotatable bonds is 1. The SMILES string of the molecule is NC1=C(c2cc(Br)cc3[nH]ccc23)C(=O)CCC1. The zero-order chi connectivity index (χ0) is 12.7. The first-order valence-corrected chi connectivity index (χ1v) is 6.75. The van der Waals surface area contributed by atoms with E-state index in [1.165, 1.54) is 0 Å². The number of H-pyrrole nitrogens is 1. The summed E-state index contributed by atoms with van der Waals surface area (Å²) < 4.78 is 0.950. The molecule has 0 atom stereocenters. The van der Waals surface area contributed by atoms with E-state index in [4.69, 9.17) is 5.73 Å². The number of Topliss-reactive ketones (excluding diaryl/α,β-unsaturated/α-hetero) is 1. The molecular weight excluding hydrogens is 292 g/mol. The summed E-state index contributed by atoms with van der Waals surface area (Å²) in [6, 6.07) is 5.96. The molecule has 0 amide bonds. The number of aromatic amines is 1. The number of nitrogens with two attached hydrogens (primary N) is 1. The van der Waals surface area contributed by atoms with Gasteiger partial charge in [-0.2, -0.15) is 0 Å². The Morgan fingerprint density at radius 3 is 2.89 bits per heavy atom. The van der Waals surface area contributed by atoms with Gasteiger partial charge in [0.1, 0.15) is 0 Å². The Morgan fingerprint density at radius 1 is 1.28 bits per heavy atom. The third-order valence-electron chi connectivity index (χ3n) is 3.35. The van der Waals surface area contributed by atoms with Crippen LogP contribution in [-0.4, -0.2) is 10.8 Å². The predicted molar refractivity (Wildman–Crippen MR) is 76.0 cm³/mol. The number of hydrogen-bond acceptors (Lipinski definition) is 2. The van der Waals surface area contributed by atoms with Crippen molar-refractivity contribution in [2.45, 2.75) is 19.3 Å². The average molecular weight is 305 g/mol. The second kappa shape index (κ2) is 4.28. The van der Waals surface area contributed by atoms with Crippen molar-refractivity contribution >= 4 is 38.2 Å². The van der Waals surface area contributed by atoms with Crippen molar-refractivity contribution in [2.75, 3.05) is 0 Å². The molecule has 1 aliphatic carbocycles. The van der Waals surface area contributed by atoms with Gasteiger partial charge in [0.15, 0.2) is 5.78 Å². The molecule has 4 heteroatoms. The van der Waals surface area contributed by atoms with Gasteiger partial charge < -0.3 is 10.7 Å². The van der Waals surface area contributed by atoms with Gasteiger partial charge in [-0.25, -0.2) is 0 Å². The fraction of sp³-hybridized carbons (Fsp3) is 0.214. The summed E-state index contributed by atoms with van der Waals surface area (Å²) in [4.78, 5) is 15.3. The Balaban J connectivity index is 2.31. The lowest BCUT2D eigenvalue weighted by atomic mass is 9.88. The number of aromatic nitrogens is 1. The Kier molecular flexibility index (Phi) is 2.74. The van der Waals surface area contributed by atoms with E-state index in [-0.39, 0.29) is 5.78 Å². The van der Waals surface area contributed by atoms with Gasteiger partial charge in [-0.3, -0.25) is 4.79 Å². The summed E-state index contributed by atoms with van der Waals surface area (Å²) in [6.07, 6.45) is 4.14. The number of allylic oxidation sites excluding steroid dienone is 2. The Morgan fingerprint density at radius 2 is 2.11 bits per heavy atom. The van der Waals surface area contributed by atoms with E-state index in [2.05, 4.69) is 20.9 Å². The number of fused-ring (bicyclic) bond motifs is 1. The average Bonchev–Trinajstić information content (AvgIpc) is 2.76. The zero-order valence-electron chi connectivity index (χ0n) is 9.79. The molecule has 0 fully saturated rings. The smallest absolute Gasteiger partial charge is 0.165 e. The first kappa shape index (κ1) is 11.5. The maximum atomic E-state index is 12.1. The van der Waals surface area contributed by atoms with Gasteiger partial charge in [0, 0.05) is 39.3 Å². The number of hydrogen-bond donors (Lipinski definition) is 2. The molecule has 92 valence electrons. The fourth-order valence-corrected chi connectivity index (χ4v) is 2.99. The van der Waals surface area contributed by atoms with Crippen molar-refractivity contribution in [3.8, 4) is 0 Å². The van der Waals surface area contributed by atoms with Crippen LogP contribution in [0.25, 0.3) is 16.5 Å².